The molecule has 21 heavy (non-hydrogen) atoms. The maximum absolute atomic E-state index is 12.3. The first kappa shape index (κ1) is 16.9. The molecule has 2 aliphatic heterocycles. The van der Waals surface area contributed by atoms with Gasteiger partial charge in [-0.1, -0.05) is 0 Å². The molecule has 0 aromatic carbocycles. The minimum atomic E-state index is -0.409. The number of carbonyl (C=O) groups excluding carboxylic acids is 1. The van der Waals surface area contributed by atoms with E-state index in [-0.39, 0.29) is 6.09 Å². The van der Waals surface area contributed by atoms with Crippen LogP contribution >= 0.6 is 11.8 Å². The van der Waals surface area contributed by atoms with Gasteiger partial charge in [-0.2, -0.15) is 11.8 Å². The van der Waals surface area contributed by atoms with E-state index in [0.29, 0.717) is 6.04 Å². The molecule has 0 saturated carbocycles. The van der Waals surface area contributed by atoms with E-state index in [2.05, 4.69) is 17.1 Å². The average molecular weight is 314 g/mol. The van der Waals surface area contributed by atoms with Crippen LogP contribution < -0.4 is 5.32 Å². The molecule has 2 aliphatic rings. The zero-order valence-corrected chi connectivity index (χ0v) is 14.5. The van der Waals surface area contributed by atoms with Crippen LogP contribution in [0.5, 0.6) is 0 Å². The Labute approximate surface area is 133 Å². The van der Waals surface area contributed by atoms with Crippen LogP contribution in [0.4, 0.5) is 4.79 Å². The third kappa shape index (κ3) is 5.70. The standard InChI is InChI=1S/C16H30N2O2S/c1-16(2,3)20-15(19)18-8-5-4-6-14(18)11-17-10-13-7-9-21-12-13/h13-14,17H,4-12H2,1-3H3. The highest BCUT2D eigenvalue weighted by molar-refractivity contribution is 7.99. The van der Waals surface area contributed by atoms with Crippen LogP contribution in [0, 0.1) is 5.92 Å². The zero-order valence-electron chi connectivity index (χ0n) is 13.7. The fraction of sp³-hybridized carbons (Fsp3) is 0.938. The van der Waals surface area contributed by atoms with Gasteiger partial charge in [0, 0.05) is 19.1 Å². The maximum atomic E-state index is 12.3. The summed E-state index contributed by atoms with van der Waals surface area (Å²) < 4.78 is 5.54. The summed E-state index contributed by atoms with van der Waals surface area (Å²) in [5, 5.41) is 3.58. The van der Waals surface area contributed by atoms with Crippen molar-refractivity contribution in [3.8, 4) is 0 Å². The van der Waals surface area contributed by atoms with E-state index in [0.717, 1.165) is 38.4 Å². The molecule has 0 radical (unpaired) electrons. The molecule has 1 amide bonds. The summed E-state index contributed by atoms with van der Waals surface area (Å²) in [5.41, 5.74) is -0.409. The summed E-state index contributed by atoms with van der Waals surface area (Å²) in [5.74, 6) is 3.40. The molecule has 2 unspecified atom stereocenters. The van der Waals surface area contributed by atoms with Crippen LogP contribution in [0.3, 0.4) is 0 Å². The van der Waals surface area contributed by atoms with Gasteiger partial charge in [0.25, 0.3) is 0 Å². The van der Waals surface area contributed by atoms with Gasteiger partial charge in [-0.25, -0.2) is 4.79 Å². The lowest BCUT2D eigenvalue weighted by molar-refractivity contribution is 0.00991. The summed E-state index contributed by atoms with van der Waals surface area (Å²) in [6, 6.07) is 0.294. The Kier molecular flexibility index (Phi) is 6.23. The Morgan fingerprint density at radius 3 is 2.76 bits per heavy atom. The summed E-state index contributed by atoms with van der Waals surface area (Å²) in [6.45, 7) is 8.62. The van der Waals surface area contributed by atoms with Crippen LogP contribution in [-0.2, 0) is 4.74 Å². The highest BCUT2D eigenvalue weighted by Crippen LogP contribution is 2.23. The summed E-state index contributed by atoms with van der Waals surface area (Å²) in [4.78, 5) is 14.3. The number of carbonyl (C=O) groups is 1. The van der Waals surface area contributed by atoms with Crippen molar-refractivity contribution in [2.45, 2.75) is 58.1 Å². The number of piperidine rings is 1. The molecule has 5 heteroatoms. The minimum Gasteiger partial charge on any atom is -0.444 e. The lowest BCUT2D eigenvalue weighted by Crippen LogP contribution is -2.50. The quantitative estimate of drug-likeness (QED) is 0.865. The number of nitrogens with one attached hydrogen (secondary N) is 1. The molecule has 2 heterocycles. The van der Waals surface area contributed by atoms with E-state index < -0.39 is 5.60 Å². The smallest absolute Gasteiger partial charge is 0.410 e. The van der Waals surface area contributed by atoms with Gasteiger partial charge in [0.2, 0.25) is 0 Å². The Morgan fingerprint density at radius 1 is 1.29 bits per heavy atom. The number of amides is 1. The number of likely N-dealkylation sites (tertiary alicyclic amines) is 1. The van der Waals surface area contributed by atoms with Crippen molar-refractivity contribution in [1.82, 2.24) is 10.2 Å². The van der Waals surface area contributed by atoms with Crippen molar-refractivity contribution < 1.29 is 9.53 Å². The lowest BCUT2D eigenvalue weighted by Gasteiger charge is -2.37. The third-order valence-corrected chi connectivity index (χ3v) is 5.32. The van der Waals surface area contributed by atoms with Gasteiger partial charge < -0.3 is 15.0 Å². The Morgan fingerprint density at radius 2 is 2.10 bits per heavy atom. The number of thioether (sulfide) groups is 1. The van der Waals surface area contributed by atoms with Crippen molar-refractivity contribution in [2.24, 2.45) is 5.92 Å². The van der Waals surface area contributed by atoms with Crippen molar-refractivity contribution in [3.63, 3.8) is 0 Å². The van der Waals surface area contributed by atoms with E-state index in [1.807, 2.05) is 25.7 Å². The second-order valence-corrected chi connectivity index (χ2v) is 8.36. The molecule has 0 spiro atoms. The van der Waals surface area contributed by atoms with Crippen molar-refractivity contribution >= 4 is 17.9 Å². The second-order valence-electron chi connectivity index (χ2n) is 7.21. The van der Waals surface area contributed by atoms with E-state index in [1.165, 1.54) is 24.3 Å². The minimum absolute atomic E-state index is 0.148. The van der Waals surface area contributed by atoms with Gasteiger partial charge >= 0.3 is 6.09 Å². The molecule has 0 aromatic heterocycles. The summed E-state index contributed by atoms with van der Waals surface area (Å²) in [6.07, 6.45) is 4.58. The first-order valence-corrected chi connectivity index (χ1v) is 9.39. The zero-order chi connectivity index (χ0) is 15.3. The normalized spacial score (nSPS) is 26.9. The number of hydrogen-bond acceptors (Lipinski definition) is 4. The molecule has 2 rings (SSSR count). The molecule has 0 bridgehead atoms. The third-order valence-electron chi connectivity index (χ3n) is 4.09. The van der Waals surface area contributed by atoms with Crippen LogP contribution in [0.15, 0.2) is 0 Å². The molecule has 0 aliphatic carbocycles. The van der Waals surface area contributed by atoms with Gasteiger partial charge in [0.15, 0.2) is 0 Å². The van der Waals surface area contributed by atoms with Gasteiger partial charge in [-0.05, 0) is 70.4 Å². The summed E-state index contributed by atoms with van der Waals surface area (Å²) in [7, 11) is 0. The monoisotopic (exact) mass is 314 g/mol. The molecule has 2 fully saturated rings. The van der Waals surface area contributed by atoms with Gasteiger partial charge in [0.05, 0.1) is 0 Å². The van der Waals surface area contributed by atoms with Crippen molar-refractivity contribution in [1.29, 1.82) is 0 Å². The number of nitrogens with zero attached hydrogens (tertiary/aromatic N) is 1. The predicted octanol–water partition coefficient (Wildman–Crippen LogP) is 3.12. The maximum Gasteiger partial charge on any atom is 0.410 e. The molecule has 0 aromatic rings. The highest BCUT2D eigenvalue weighted by Gasteiger charge is 2.30. The first-order valence-electron chi connectivity index (χ1n) is 8.24. The molecular formula is C16H30N2O2S. The summed E-state index contributed by atoms with van der Waals surface area (Å²) >= 11 is 2.06. The molecule has 122 valence electrons. The molecule has 2 saturated heterocycles. The van der Waals surface area contributed by atoms with Crippen LogP contribution in [0.2, 0.25) is 0 Å². The van der Waals surface area contributed by atoms with Crippen LogP contribution in [0.25, 0.3) is 0 Å². The van der Waals surface area contributed by atoms with Crippen molar-refractivity contribution in [3.05, 3.63) is 0 Å². The Bertz CT molecular complexity index is 338. The molecule has 2 atom stereocenters. The Balaban J connectivity index is 1.79. The van der Waals surface area contributed by atoms with Crippen LogP contribution in [0.1, 0.15) is 46.5 Å². The molecule has 1 N–H and O–H groups in total. The average Bonchev–Trinajstić information content (AvgIpc) is 2.90. The van der Waals surface area contributed by atoms with Crippen LogP contribution in [-0.4, -0.2) is 53.8 Å². The Hall–Kier alpha value is -0.420. The second kappa shape index (κ2) is 7.73. The highest BCUT2D eigenvalue weighted by atomic mass is 32.2. The van der Waals surface area contributed by atoms with E-state index in [4.69, 9.17) is 4.74 Å². The van der Waals surface area contributed by atoms with E-state index >= 15 is 0 Å². The lowest BCUT2D eigenvalue weighted by atomic mass is 10.0. The molecular weight excluding hydrogens is 284 g/mol. The van der Waals surface area contributed by atoms with Crippen molar-refractivity contribution in [2.75, 3.05) is 31.1 Å². The largest absolute Gasteiger partial charge is 0.444 e. The fourth-order valence-corrected chi connectivity index (χ4v) is 4.26. The molecule has 4 nitrogen and oxygen atoms in total. The fourth-order valence-electron chi connectivity index (χ4n) is 2.97. The van der Waals surface area contributed by atoms with Gasteiger partial charge in [0.1, 0.15) is 5.60 Å². The van der Waals surface area contributed by atoms with Gasteiger partial charge in [-0.3, -0.25) is 0 Å². The SMILES string of the molecule is CC(C)(C)OC(=O)N1CCCCC1CNCC1CCSC1. The first-order chi connectivity index (χ1) is 9.96. The number of ether oxygens (including phenoxy) is 1. The number of rotatable bonds is 4. The number of hydrogen-bond donors (Lipinski definition) is 1. The van der Waals surface area contributed by atoms with E-state index in [1.54, 1.807) is 0 Å². The topological polar surface area (TPSA) is 41.6 Å². The van der Waals surface area contributed by atoms with Gasteiger partial charge in [-0.15, -0.1) is 0 Å². The van der Waals surface area contributed by atoms with E-state index in [9.17, 15) is 4.79 Å². The predicted molar refractivity (Wildman–Crippen MR) is 88.9 cm³/mol.